The SMILES string of the molecule is CC(C)(C)C(=O)c1cccc2c1N=C(Cn1cccc([N+](=O)[O-])c1=O)C2. The number of carbonyl (C=O) groups excluding carboxylic acids is 1. The zero-order valence-electron chi connectivity index (χ0n) is 14.9. The molecule has 1 aromatic carbocycles. The standard InChI is InChI=1S/C19H19N3O4/c1-19(2,3)17(23)14-7-4-6-12-10-13(20-16(12)14)11-21-9-5-8-15(18(21)24)22(25)26/h4-9H,10-11H2,1-3H3. The van der Waals surface area contributed by atoms with E-state index >= 15 is 0 Å². The molecule has 0 radical (unpaired) electrons. The van der Waals surface area contributed by atoms with Crippen molar-refractivity contribution in [1.82, 2.24) is 4.57 Å². The van der Waals surface area contributed by atoms with Crippen LogP contribution in [-0.4, -0.2) is 21.0 Å². The van der Waals surface area contributed by atoms with Crippen LogP contribution in [0, 0.1) is 15.5 Å². The Kier molecular flexibility index (Phi) is 4.31. The molecule has 0 spiro atoms. The highest BCUT2D eigenvalue weighted by Gasteiger charge is 2.28. The summed E-state index contributed by atoms with van der Waals surface area (Å²) in [7, 11) is 0. The lowest BCUT2D eigenvalue weighted by atomic mass is 9.85. The number of nitrogens with zero attached hydrogens (tertiary/aromatic N) is 3. The van der Waals surface area contributed by atoms with E-state index in [1.54, 1.807) is 6.07 Å². The lowest BCUT2D eigenvalue weighted by Gasteiger charge is -2.17. The lowest BCUT2D eigenvalue weighted by Crippen LogP contribution is -2.25. The molecule has 7 heteroatoms. The summed E-state index contributed by atoms with van der Waals surface area (Å²) in [5, 5.41) is 10.9. The molecule has 26 heavy (non-hydrogen) atoms. The lowest BCUT2D eigenvalue weighted by molar-refractivity contribution is -0.386. The van der Waals surface area contributed by atoms with Gasteiger partial charge in [0.1, 0.15) is 0 Å². The van der Waals surface area contributed by atoms with Crippen LogP contribution in [0.1, 0.15) is 36.7 Å². The van der Waals surface area contributed by atoms with Crippen LogP contribution in [0.25, 0.3) is 0 Å². The highest BCUT2D eigenvalue weighted by Crippen LogP contribution is 2.34. The number of aliphatic imine (C=N–C) groups is 1. The van der Waals surface area contributed by atoms with Crippen molar-refractivity contribution in [2.75, 3.05) is 0 Å². The first-order valence-corrected chi connectivity index (χ1v) is 8.25. The quantitative estimate of drug-likeness (QED) is 0.479. The van der Waals surface area contributed by atoms with Crippen molar-refractivity contribution in [3.63, 3.8) is 0 Å². The summed E-state index contributed by atoms with van der Waals surface area (Å²) < 4.78 is 1.27. The van der Waals surface area contributed by atoms with Gasteiger partial charge in [-0.2, -0.15) is 0 Å². The zero-order valence-corrected chi connectivity index (χ0v) is 14.9. The van der Waals surface area contributed by atoms with Crippen LogP contribution in [0.5, 0.6) is 0 Å². The smallest absolute Gasteiger partial charge is 0.304 e. The molecule has 7 nitrogen and oxygen atoms in total. The Hall–Kier alpha value is -3.09. The van der Waals surface area contributed by atoms with Gasteiger partial charge in [-0.1, -0.05) is 32.9 Å². The first kappa shape index (κ1) is 17.7. The number of nitro groups is 1. The molecule has 1 aliphatic heterocycles. The van der Waals surface area contributed by atoms with Crippen LogP contribution in [-0.2, 0) is 13.0 Å². The maximum absolute atomic E-state index is 12.7. The molecule has 1 aromatic heterocycles. The Morgan fingerprint density at radius 3 is 2.65 bits per heavy atom. The van der Waals surface area contributed by atoms with Crippen LogP contribution in [0.2, 0.25) is 0 Å². The molecule has 2 aromatic rings. The average Bonchev–Trinajstić information content (AvgIpc) is 2.97. The van der Waals surface area contributed by atoms with Gasteiger partial charge >= 0.3 is 11.2 Å². The van der Waals surface area contributed by atoms with Crippen molar-refractivity contribution >= 4 is 22.9 Å². The fourth-order valence-electron chi connectivity index (χ4n) is 2.95. The number of Topliss-reactive ketones (excluding diaryl/α,β-unsaturated/α-hetero) is 1. The van der Waals surface area contributed by atoms with Crippen molar-refractivity contribution in [2.45, 2.75) is 33.7 Å². The number of pyridine rings is 1. The topological polar surface area (TPSA) is 94.6 Å². The Morgan fingerprint density at radius 2 is 2.00 bits per heavy atom. The van der Waals surface area contributed by atoms with Crippen molar-refractivity contribution in [1.29, 1.82) is 0 Å². The van der Waals surface area contributed by atoms with E-state index in [1.165, 1.54) is 22.9 Å². The molecule has 1 aliphatic rings. The summed E-state index contributed by atoms with van der Waals surface area (Å²) in [4.78, 5) is 39.7. The van der Waals surface area contributed by atoms with Gasteiger partial charge in [0.25, 0.3) is 0 Å². The predicted molar refractivity (Wildman–Crippen MR) is 98.4 cm³/mol. The predicted octanol–water partition coefficient (Wildman–Crippen LogP) is 3.31. The van der Waals surface area contributed by atoms with Gasteiger partial charge in [-0.25, -0.2) is 0 Å². The molecule has 0 N–H and O–H groups in total. The first-order valence-electron chi connectivity index (χ1n) is 8.25. The highest BCUT2D eigenvalue weighted by atomic mass is 16.6. The van der Waals surface area contributed by atoms with Crippen LogP contribution >= 0.6 is 0 Å². The molecule has 2 heterocycles. The number of carbonyl (C=O) groups is 1. The van der Waals surface area contributed by atoms with E-state index in [9.17, 15) is 19.7 Å². The van der Waals surface area contributed by atoms with Crippen LogP contribution in [0.3, 0.4) is 0 Å². The van der Waals surface area contributed by atoms with Gasteiger partial charge in [-0.3, -0.25) is 24.7 Å². The third kappa shape index (κ3) is 3.20. The molecular formula is C19H19N3O4. The van der Waals surface area contributed by atoms with Crippen molar-refractivity contribution < 1.29 is 9.72 Å². The van der Waals surface area contributed by atoms with Gasteiger partial charge in [0.15, 0.2) is 5.78 Å². The molecule has 134 valence electrons. The second-order valence-corrected chi connectivity index (χ2v) is 7.33. The minimum absolute atomic E-state index is 0.00636. The number of para-hydroxylation sites is 1. The van der Waals surface area contributed by atoms with E-state index in [0.29, 0.717) is 23.4 Å². The van der Waals surface area contributed by atoms with Crippen LogP contribution in [0.4, 0.5) is 11.4 Å². The molecule has 0 atom stereocenters. The molecule has 0 bridgehead atoms. The molecule has 0 saturated heterocycles. The average molecular weight is 353 g/mol. The molecule has 0 amide bonds. The second-order valence-electron chi connectivity index (χ2n) is 7.33. The zero-order chi connectivity index (χ0) is 19.1. The molecular weight excluding hydrogens is 334 g/mol. The minimum atomic E-state index is -0.690. The molecule has 0 saturated carbocycles. The summed E-state index contributed by atoms with van der Waals surface area (Å²) in [6, 6.07) is 8.15. The maximum atomic E-state index is 12.7. The largest absolute Gasteiger partial charge is 0.334 e. The van der Waals surface area contributed by atoms with Gasteiger partial charge < -0.3 is 4.57 Å². The second kappa shape index (κ2) is 6.33. The number of fused-ring (bicyclic) bond motifs is 1. The molecule has 0 fully saturated rings. The summed E-state index contributed by atoms with van der Waals surface area (Å²) in [6.45, 7) is 5.73. The number of hydrogen-bond donors (Lipinski definition) is 0. The summed E-state index contributed by atoms with van der Waals surface area (Å²) in [6.07, 6.45) is 2.01. The van der Waals surface area contributed by atoms with Gasteiger partial charge in [0.2, 0.25) is 0 Å². The van der Waals surface area contributed by atoms with Crippen molar-refractivity contribution in [2.24, 2.45) is 10.4 Å². The fourth-order valence-corrected chi connectivity index (χ4v) is 2.95. The molecule has 3 rings (SSSR count). The number of hydrogen-bond acceptors (Lipinski definition) is 5. The van der Waals surface area contributed by atoms with E-state index in [2.05, 4.69) is 4.99 Å². The van der Waals surface area contributed by atoms with Crippen molar-refractivity contribution in [3.8, 4) is 0 Å². The fraction of sp³-hybridized carbons (Fsp3) is 0.316. The Labute approximate surface area is 150 Å². The van der Waals surface area contributed by atoms with Gasteiger partial charge in [-0.15, -0.1) is 0 Å². The maximum Gasteiger partial charge on any atom is 0.334 e. The summed E-state index contributed by atoms with van der Waals surface area (Å²) in [5.74, 6) is 0.00636. The van der Waals surface area contributed by atoms with Gasteiger partial charge in [0.05, 0.1) is 17.2 Å². The molecule has 0 aliphatic carbocycles. The van der Waals surface area contributed by atoms with Gasteiger partial charge in [0, 0.05) is 35.4 Å². The van der Waals surface area contributed by atoms with Crippen molar-refractivity contribution in [3.05, 3.63) is 68.1 Å². The van der Waals surface area contributed by atoms with E-state index in [4.69, 9.17) is 0 Å². The Bertz CT molecular complexity index is 997. The number of ketones is 1. The number of rotatable bonds is 4. The number of benzene rings is 1. The van der Waals surface area contributed by atoms with Crippen LogP contribution in [0.15, 0.2) is 46.3 Å². The number of aromatic nitrogens is 1. The van der Waals surface area contributed by atoms with E-state index in [1.807, 2.05) is 32.9 Å². The van der Waals surface area contributed by atoms with E-state index in [-0.39, 0.29) is 12.3 Å². The highest BCUT2D eigenvalue weighted by molar-refractivity contribution is 6.07. The normalized spacial score (nSPS) is 13.3. The van der Waals surface area contributed by atoms with E-state index < -0.39 is 21.6 Å². The Balaban J connectivity index is 1.95. The summed E-state index contributed by atoms with van der Waals surface area (Å²) >= 11 is 0. The molecule has 0 unspecified atom stereocenters. The van der Waals surface area contributed by atoms with Gasteiger partial charge in [-0.05, 0) is 17.7 Å². The third-order valence-corrected chi connectivity index (χ3v) is 4.26. The Morgan fingerprint density at radius 1 is 1.27 bits per heavy atom. The monoisotopic (exact) mass is 353 g/mol. The van der Waals surface area contributed by atoms with E-state index in [0.717, 1.165) is 5.56 Å². The minimum Gasteiger partial charge on any atom is -0.304 e. The first-order chi connectivity index (χ1) is 12.2. The van der Waals surface area contributed by atoms with Crippen LogP contribution < -0.4 is 5.56 Å². The summed E-state index contributed by atoms with van der Waals surface area (Å²) in [5.41, 5.74) is 1.17. The third-order valence-electron chi connectivity index (χ3n) is 4.26.